The van der Waals surface area contributed by atoms with E-state index >= 15 is 0 Å². The smallest absolute Gasteiger partial charge is 0.274 e. The van der Waals surface area contributed by atoms with Gasteiger partial charge in [0.1, 0.15) is 5.82 Å². The van der Waals surface area contributed by atoms with Gasteiger partial charge in [-0.2, -0.15) is 14.9 Å². The Bertz CT molecular complexity index is 779. The molecule has 0 aliphatic rings. The Morgan fingerprint density at radius 3 is 2.86 bits per heavy atom. The number of benzene rings is 1. The molecule has 9 nitrogen and oxygen atoms in total. The first-order chi connectivity index (χ1) is 9.93. The number of ether oxygens (including phenoxy) is 1. The first-order valence-corrected chi connectivity index (χ1v) is 6.08. The zero-order valence-corrected chi connectivity index (χ0v) is 11.9. The van der Waals surface area contributed by atoms with E-state index in [-0.39, 0.29) is 27.5 Å². The zero-order valence-electron chi connectivity index (χ0n) is 11.1. The van der Waals surface area contributed by atoms with Crippen LogP contribution in [-0.4, -0.2) is 38.2 Å². The van der Waals surface area contributed by atoms with Crippen molar-refractivity contribution in [1.82, 2.24) is 14.9 Å². The number of nitro groups is 1. The fourth-order valence-corrected chi connectivity index (χ4v) is 1.82. The van der Waals surface area contributed by atoms with E-state index in [9.17, 15) is 15.2 Å². The molecule has 0 aliphatic carbocycles. The van der Waals surface area contributed by atoms with Gasteiger partial charge in [0, 0.05) is 11.6 Å². The third-order valence-electron chi connectivity index (χ3n) is 2.64. The van der Waals surface area contributed by atoms with Crippen LogP contribution in [0, 0.1) is 21.8 Å². The molecule has 2 aromatic rings. The largest absolute Gasteiger partial charge is 0.504 e. The van der Waals surface area contributed by atoms with E-state index in [4.69, 9.17) is 17.0 Å². The maximum Gasteiger partial charge on any atom is 0.274 e. The molecule has 110 valence electrons. The van der Waals surface area contributed by atoms with Gasteiger partial charge in [-0.3, -0.25) is 15.2 Å². The summed E-state index contributed by atoms with van der Waals surface area (Å²) in [5.41, 5.74) is -0.0952. The Morgan fingerprint density at radius 2 is 2.33 bits per heavy atom. The maximum absolute atomic E-state index is 10.9. The summed E-state index contributed by atoms with van der Waals surface area (Å²) in [6, 6.07) is 2.31. The van der Waals surface area contributed by atoms with Crippen LogP contribution < -0.4 is 4.74 Å². The van der Waals surface area contributed by atoms with Crippen molar-refractivity contribution in [2.75, 3.05) is 7.11 Å². The number of nitro benzene ring substituents is 1. The number of non-ortho nitro benzene ring substituents is 1. The molecule has 0 fully saturated rings. The van der Waals surface area contributed by atoms with Crippen LogP contribution in [0.5, 0.6) is 11.5 Å². The fourth-order valence-electron chi connectivity index (χ4n) is 1.60. The second-order valence-electron chi connectivity index (χ2n) is 3.98. The summed E-state index contributed by atoms with van der Waals surface area (Å²) in [7, 11) is 1.30. The van der Waals surface area contributed by atoms with Gasteiger partial charge in [-0.05, 0) is 19.1 Å². The molecule has 0 radical (unpaired) electrons. The lowest BCUT2D eigenvalue weighted by Gasteiger charge is -2.05. The van der Waals surface area contributed by atoms with Crippen molar-refractivity contribution in [1.29, 1.82) is 0 Å². The monoisotopic (exact) mass is 309 g/mol. The number of phenolic OH excluding ortho intramolecular Hbond substituents is 1. The second kappa shape index (κ2) is 5.71. The number of hydrogen-bond donors (Lipinski definition) is 2. The first kappa shape index (κ1) is 14.7. The molecule has 2 N–H and O–H groups in total. The Hall–Kier alpha value is -2.75. The minimum atomic E-state index is -0.589. The lowest BCUT2D eigenvalue weighted by atomic mass is 10.2. The van der Waals surface area contributed by atoms with E-state index in [0.717, 1.165) is 6.07 Å². The molecule has 1 aromatic heterocycles. The lowest BCUT2D eigenvalue weighted by molar-refractivity contribution is -0.385. The third kappa shape index (κ3) is 2.89. The maximum atomic E-state index is 10.9. The van der Waals surface area contributed by atoms with Gasteiger partial charge >= 0.3 is 0 Å². The Morgan fingerprint density at radius 1 is 1.62 bits per heavy atom. The Labute approximate surface area is 123 Å². The SMILES string of the molecule is COc1cc([N+](=O)[O-])cc(/C=N/n2c(C)n[nH]c2=S)c1O. The van der Waals surface area contributed by atoms with Crippen LogP contribution in [0.3, 0.4) is 0 Å². The molecule has 0 saturated heterocycles. The lowest BCUT2D eigenvalue weighted by Crippen LogP contribution is -1.97. The minimum Gasteiger partial charge on any atom is -0.504 e. The number of H-pyrrole nitrogens is 1. The average molecular weight is 309 g/mol. The highest BCUT2D eigenvalue weighted by atomic mass is 32.1. The molecular weight excluding hydrogens is 298 g/mol. The van der Waals surface area contributed by atoms with Crippen LogP contribution >= 0.6 is 12.2 Å². The first-order valence-electron chi connectivity index (χ1n) is 5.67. The number of aryl methyl sites for hydroxylation is 1. The third-order valence-corrected chi connectivity index (χ3v) is 2.91. The van der Waals surface area contributed by atoms with Gasteiger partial charge in [0.25, 0.3) is 5.69 Å². The summed E-state index contributed by atoms with van der Waals surface area (Å²) >= 11 is 4.97. The number of aromatic nitrogens is 3. The molecule has 0 unspecified atom stereocenters. The van der Waals surface area contributed by atoms with Crippen LogP contribution in [0.25, 0.3) is 0 Å². The molecule has 21 heavy (non-hydrogen) atoms. The zero-order chi connectivity index (χ0) is 15.6. The number of aromatic hydroxyl groups is 1. The fraction of sp³-hybridized carbons (Fsp3) is 0.182. The normalized spacial score (nSPS) is 11.0. The van der Waals surface area contributed by atoms with Gasteiger partial charge in [-0.1, -0.05) is 0 Å². The van der Waals surface area contributed by atoms with Crippen LogP contribution in [0.2, 0.25) is 0 Å². The van der Waals surface area contributed by atoms with Crippen molar-refractivity contribution >= 4 is 24.1 Å². The molecule has 1 heterocycles. The predicted molar refractivity (Wildman–Crippen MR) is 76.5 cm³/mol. The van der Waals surface area contributed by atoms with Gasteiger partial charge in [-0.15, -0.1) is 0 Å². The van der Waals surface area contributed by atoms with E-state index in [0.29, 0.717) is 5.82 Å². The highest BCUT2D eigenvalue weighted by Crippen LogP contribution is 2.33. The number of rotatable bonds is 4. The topological polar surface area (TPSA) is 119 Å². The molecule has 0 amide bonds. The van der Waals surface area contributed by atoms with Crippen molar-refractivity contribution < 1.29 is 14.8 Å². The molecule has 0 saturated carbocycles. The summed E-state index contributed by atoms with van der Waals surface area (Å²) in [6.45, 7) is 1.68. The summed E-state index contributed by atoms with van der Waals surface area (Å²) in [5, 5.41) is 31.3. The van der Waals surface area contributed by atoms with Crippen molar-refractivity contribution in [3.63, 3.8) is 0 Å². The van der Waals surface area contributed by atoms with Gasteiger partial charge in [-0.25, -0.2) is 0 Å². The van der Waals surface area contributed by atoms with E-state index in [2.05, 4.69) is 15.3 Å². The number of nitrogens with one attached hydrogen (secondary N) is 1. The number of nitrogens with zero attached hydrogens (tertiary/aromatic N) is 4. The molecule has 0 aliphatic heterocycles. The van der Waals surface area contributed by atoms with Crippen LogP contribution in [-0.2, 0) is 0 Å². The van der Waals surface area contributed by atoms with E-state index in [1.807, 2.05) is 0 Å². The summed E-state index contributed by atoms with van der Waals surface area (Å²) in [5.74, 6) is 0.241. The standard InChI is InChI=1S/C11H11N5O4S/c1-6-13-14-11(21)15(6)12-5-7-3-8(16(18)19)4-9(20-2)10(7)17/h3-5,17H,1-2H3,(H,14,21)/b12-5+. The number of aromatic amines is 1. The van der Waals surface area contributed by atoms with Gasteiger partial charge in [0.05, 0.1) is 24.3 Å². The second-order valence-corrected chi connectivity index (χ2v) is 4.36. The minimum absolute atomic E-state index is 0.0156. The summed E-state index contributed by atoms with van der Waals surface area (Å²) < 4.78 is 6.48. The quantitative estimate of drug-likeness (QED) is 0.384. The average Bonchev–Trinajstić information content (AvgIpc) is 2.77. The highest BCUT2D eigenvalue weighted by molar-refractivity contribution is 7.71. The van der Waals surface area contributed by atoms with Crippen molar-refractivity contribution in [3.05, 3.63) is 38.4 Å². The number of methoxy groups -OCH3 is 1. The van der Waals surface area contributed by atoms with E-state index in [1.165, 1.54) is 24.1 Å². The molecular formula is C11H11N5O4S. The van der Waals surface area contributed by atoms with Crippen molar-refractivity contribution in [2.24, 2.45) is 5.10 Å². The summed E-state index contributed by atoms with van der Waals surface area (Å²) in [4.78, 5) is 10.3. The number of phenols is 1. The molecule has 0 spiro atoms. The summed E-state index contributed by atoms with van der Waals surface area (Å²) in [6.07, 6.45) is 1.24. The van der Waals surface area contributed by atoms with Gasteiger partial charge in [0.15, 0.2) is 11.5 Å². The predicted octanol–water partition coefficient (Wildman–Crippen LogP) is 1.75. The number of hydrogen-bond acceptors (Lipinski definition) is 7. The van der Waals surface area contributed by atoms with Gasteiger partial charge in [0.2, 0.25) is 4.77 Å². The van der Waals surface area contributed by atoms with Crippen molar-refractivity contribution in [3.8, 4) is 11.5 Å². The van der Waals surface area contributed by atoms with Crippen molar-refractivity contribution in [2.45, 2.75) is 6.92 Å². The molecule has 0 bridgehead atoms. The van der Waals surface area contributed by atoms with E-state index < -0.39 is 4.92 Å². The molecule has 1 aromatic carbocycles. The molecule has 10 heteroatoms. The molecule has 0 atom stereocenters. The van der Waals surface area contributed by atoms with Crippen LogP contribution in [0.15, 0.2) is 17.2 Å². The molecule has 2 rings (SSSR count). The highest BCUT2D eigenvalue weighted by Gasteiger charge is 2.15. The van der Waals surface area contributed by atoms with Crippen LogP contribution in [0.4, 0.5) is 5.69 Å². The van der Waals surface area contributed by atoms with Crippen LogP contribution in [0.1, 0.15) is 11.4 Å². The Kier molecular flexibility index (Phi) is 3.98. The Balaban J connectivity index is 2.51. The van der Waals surface area contributed by atoms with E-state index in [1.54, 1.807) is 6.92 Å². The van der Waals surface area contributed by atoms with Gasteiger partial charge < -0.3 is 9.84 Å².